The zero-order valence-electron chi connectivity index (χ0n) is 14.5. The molecule has 2 aromatic rings. The second kappa shape index (κ2) is 8.57. The summed E-state index contributed by atoms with van der Waals surface area (Å²) in [5, 5.41) is 38.0. The van der Waals surface area contributed by atoms with Crippen LogP contribution in [0.3, 0.4) is 0 Å². The Labute approximate surface area is 156 Å². The Balaban J connectivity index is 1.67. The number of rotatable bonds is 6. The van der Waals surface area contributed by atoms with Gasteiger partial charge in [0.2, 0.25) is 6.29 Å². The van der Waals surface area contributed by atoms with Gasteiger partial charge in [-0.25, -0.2) is 4.68 Å². The van der Waals surface area contributed by atoms with Gasteiger partial charge in [0, 0.05) is 6.16 Å². The number of aliphatic hydroxyl groups excluding tert-OH is 3. The van der Waals surface area contributed by atoms with Gasteiger partial charge < -0.3 is 34.6 Å². The zero-order valence-corrected chi connectivity index (χ0v) is 15.4. The van der Waals surface area contributed by atoms with Gasteiger partial charge in [-0.15, -0.1) is 5.10 Å². The summed E-state index contributed by atoms with van der Waals surface area (Å²) in [4.78, 5) is 18.1. The van der Waals surface area contributed by atoms with Gasteiger partial charge in [0.25, 0.3) is 0 Å². The summed E-state index contributed by atoms with van der Waals surface area (Å²) in [7, 11) is -2.15. The Hall–Kier alpha value is -1.65. The third-order valence-electron chi connectivity index (χ3n) is 4.24. The standard InChI is InChI=1S/C16H22N3O7P/c1-9-8-19(18-17-9)10-2-4-11(5-3-10)25-16-15(22)14(21)13(20)12(26-16)6-7-27(23)24/h2-5,8,12-16,20-24H,6-7H2,1H3/t12?,13-,14?,15?,16+/m1/s1. The minimum Gasteiger partial charge on any atom is -0.462 e. The molecule has 3 rings (SSSR count). The van der Waals surface area contributed by atoms with Gasteiger partial charge >= 0.3 is 0 Å². The Morgan fingerprint density at radius 1 is 1.11 bits per heavy atom. The van der Waals surface area contributed by atoms with Crippen LogP contribution in [0.1, 0.15) is 12.1 Å². The summed E-state index contributed by atoms with van der Waals surface area (Å²) < 4.78 is 12.7. The highest BCUT2D eigenvalue weighted by molar-refractivity contribution is 7.45. The van der Waals surface area contributed by atoms with Crippen molar-refractivity contribution in [2.75, 3.05) is 6.16 Å². The third kappa shape index (κ3) is 4.80. The molecule has 0 bridgehead atoms. The highest BCUT2D eigenvalue weighted by Crippen LogP contribution is 2.30. The number of nitrogens with zero attached hydrogens (tertiary/aromatic N) is 3. The Morgan fingerprint density at radius 2 is 1.81 bits per heavy atom. The van der Waals surface area contributed by atoms with Crippen molar-refractivity contribution < 1.29 is 34.6 Å². The third-order valence-corrected chi connectivity index (χ3v) is 4.90. The molecule has 0 saturated carbocycles. The number of benzene rings is 1. The van der Waals surface area contributed by atoms with E-state index in [-0.39, 0.29) is 12.6 Å². The average Bonchev–Trinajstić information content (AvgIpc) is 3.08. The van der Waals surface area contributed by atoms with Crippen LogP contribution < -0.4 is 4.74 Å². The molecule has 148 valence electrons. The first kappa shape index (κ1) is 20.1. The molecule has 1 aliphatic heterocycles. The van der Waals surface area contributed by atoms with Gasteiger partial charge in [-0.05, 0) is 37.6 Å². The van der Waals surface area contributed by atoms with E-state index in [1.807, 2.05) is 6.92 Å². The summed E-state index contributed by atoms with van der Waals surface area (Å²) in [5.41, 5.74) is 1.54. The first-order valence-electron chi connectivity index (χ1n) is 8.36. The summed E-state index contributed by atoms with van der Waals surface area (Å²) in [5.74, 6) is 0.383. The van der Waals surface area contributed by atoms with Crippen molar-refractivity contribution in [2.45, 2.75) is 44.1 Å². The highest BCUT2D eigenvalue weighted by Gasteiger charge is 2.44. The van der Waals surface area contributed by atoms with E-state index >= 15 is 0 Å². The van der Waals surface area contributed by atoms with E-state index in [1.165, 1.54) is 0 Å². The molecule has 1 aromatic carbocycles. The minimum atomic E-state index is -2.15. The summed E-state index contributed by atoms with van der Waals surface area (Å²) in [6.07, 6.45) is -4.51. The highest BCUT2D eigenvalue weighted by atomic mass is 31.2. The fourth-order valence-corrected chi connectivity index (χ4v) is 3.27. The molecular weight excluding hydrogens is 377 g/mol. The first-order chi connectivity index (χ1) is 12.8. The lowest BCUT2D eigenvalue weighted by molar-refractivity contribution is -0.272. The van der Waals surface area contributed by atoms with Crippen LogP contribution in [0.4, 0.5) is 0 Å². The number of aryl methyl sites for hydroxylation is 1. The Bertz CT molecular complexity index is 742. The Morgan fingerprint density at radius 3 is 2.41 bits per heavy atom. The van der Waals surface area contributed by atoms with E-state index in [0.29, 0.717) is 5.75 Å². The van der Waals surface area contributed by atoms with Crippen LogP contribution in [-0.2, 0) is 4.74 Å². The fourth-order valence-electron chi connectivity index (χ4n) is 2.78. The van der Waals surface area contributed by atoms with Gasteiger partial charge in [-0.2, -0.15) is 0 Å². The summed E-state index contributed by atoms with van der Waals surface area (Å²) in [6.45, 7) is 1.83. The predicted molar refractivity (Wildman–Crippen MR) is 94.2 cm³/mol. The normalized spacial score (nSPS) is 28.5. The minimum absolute atomic E-state index is 0.0125. The number of ether oxygens (including phenoxy) is 2. The lowest BCUT2D eigenvalue weighted by Crippen LogP contribution is -2.59. The fraction of sp³-hybridized carbons (Fsp3) is 0.500. The molecule has 1 aliphatic rings. The van der Waals surface area contributed by atoms with Crippen LogP contribution in [0.25, 0.3) is 5.69 Å². The number of hydrogen-bond acceptors (Lipinski definition) is 9. The molecule has 0 radical (unpaired) electrons. The maximum atomic E-state index is 10.1. The van der Waals surface area contributed by atoms with E-state index in [1.54, 1.807) is 35.1 Å². The van der Waals surface area contributed by atoms with Crippen molar-refractivity contribution in [1.82, 2.24) is 15.0 Å². The Kier molecular flexibility index (Phi) is 6.38. The molecule has 10 nitrogen and oxygen atoms in total. The molecule has 2 heterocycles. The molecule has 1 aromatic heterocycles. The van der Waals surface area contributed by atoms with Crippen molar-refractivity contribution in [3.8, 4) is 11.4 Å². The second-order valence-electron chi connectivity index (χ2n) is 6.32. The maximum absolute atomic E-state index is 10.1. The van der Waals surface area contributed by atoms with Crippen LogP contribution in [-0.4, -0.2) is 77.0 Å². The van der Waals surface area contributed by atoms with E-state index in [0.717, 1.165) is 11.4 Å². The predicted octanol–water partition coefficient (Wildman–Crippen LogP) is -0.551. The van der Waals surface area contributed by atoms with Gasteiger partial charge in [-0.3, -0.25) is 0 Å². The average molecular weight is 399 g/mol. The number of hydrogen-bond donors (Lipinski definition) is 5. The molecule has 5 atom stereocenters. The maximum Gasteiger partial charge on any atom is 0.229 e. The van der Waals surface area contributed by atoms with Gasteiger partial charge in [-0.1, -0.05) is 5.21 Å². The molecule has 1 saturated heterocycles. The molecule has 11 heteroatoms. The molecule has 1 fully saturated rings. The lowest BCUT2D eigenvalue weighted by Gasteiger charge is -2.40. The second-order valence-corrected chi connectivity index (χ2v) is 7.51. The topological polar surface area (TPSA) is 150 Å². The van der Waals surface area contributed by atoms with Crippen molar-refractivity contribution in [3.63, 3.8) is 0 Å². The SMILES string of the molecule is Cc1cn(-c2ccc(O[C@H]3OC(CCP(O)O)[C@@H](O)C(O)C3O)cc2)nn1. The molecule has 0 spiro atoms. The largest absolute Gasteiger partial charge is 0.462 e. The summed E-state index contributed by atoms with van der Waals surface area (Å²) >= 11 is 0. The van der Waals surface area contributed by atoms with Crippen molar-refractivity contribution in [1.29, 1.82) is 0 Å². The molecule has 0 amide bonds. The monoisotopic (exact) mass is 399 g/mol. The van der Waals surface area contributed by atoms with E-state index in [2.05, 4.69) is 10.3 Å². The number of aliphatic hydroxyl groups is 3. The smallest absolute Gasteiger partial charge is 0.229 e. The van der Waals surface area contributed by atoms with Crippen LogP contribution in [0.2, 0.25) is 0 Å². The first-order valence-corrected chi connectivity index (χ1v) is 9.79. The molecule has 5 N–H and O–H groups in total. The summed E-state index contributed by atoms with van der Waals surface area (Å²) in [6, 6.07) is 6.78. The van der Waals surface area contributed by atoms with Gasteiger partial charge in [0.1, 0.15) is 24.1 Å². The molecule has 0 aliphatic carbocycles. The molecular formula is C16H22N3O7P. The van der Waals surface area contributed by atoms with Crippen molar-refractivity contribution >= 4 is 8.38 Å². The van der Waals surface area contributed by atoms with Crippen LogP contribution in [0.15, 0.2) is 30.5 Å². The van der Waals surface area contributed by atoms with Gasteiger partial charge in [0.05, 0.1) is 23.7 Å². The quantitative estimate of drug-likeness (QED) is 0.403. The van der Waals surface area contributed by atoms with Crippen LogP contribution in [0, 0.1) is 6.92 Å². The van der Waals surface area contributed by atoms with Crippen molar-refractivity contribution in [3.05, 3.63) is 36.2 Å². The van der Waals surface area contributed by atoms with Crippen LogP contribution in [0.5, 0.6) is 5.75 Å². The zero-order chi connectivity index (χ0) is 19.6. The number of aromatic nitrogens is 3. The lowest BCUT2D eigenvalue weighted by atomic mass is 9.97. The van der Waals surface area contributed by atoms with E-state index in [4.69, 9.17) is 19.3 Å². The molecule has 3 unspecified atom stereocenters. The van der Waals surface area contributed by atoms with Crippen molar-refractivity contribution in [2.24, 2.45) is 0 Å². The molecule has 27 heavy (non-hydrogen) atoms. The van der Waals surface area contributed by atoms with E-state index < -0.39 is 39.1 Å². The van der Waals surface area contributed by atoms with Crippen LogP contribution >= 0.6 is 8.38 Å². The van der Waals surface area contributed by atoms with Gasteiger partial charge in [0.15, 0.2) is 8.38 Å². The van der Waals surface area contributed by atoms with E-state index in [9.17, 15) is 15.3 Å².